The van der Waals surface area contributed by atoms with E-state index in [9.17, 15) is 0 Å². The van der Waals surface area contributed by atoms with Crippen LogP contribution in [0.2, 0.25) is 0 Å². The van der Waals surface area contributed by atoms with E-state index in [4.69, 9.17) is 4.99 Å². The van der Waals surface area contributed by atoms with Crippen molar-refractivity contribution in [3.63, 3.8) is 0 Å². The summed E-state index contributed by atoms with van der Waals surface area (Å²) in [5, 5.41) is 6.83. The van der Waals surface area contributed by atoms with E-state index >= 15 is 0 Å². The van der Waals surface area contributed by atoms with Crippen LogP contribution in [0.3, 0.4) is 0 Å². The molecule has 0 fully saturated rings. The molecule has 1 aromatic carbocycles. The second-order valence-corrected chi connectivity index (χ2v) is 6.69. The lowest BCUT2D eigenvalue weighted by Gasteiger charge is -2.24. The van der Waals surface area contributed by atoms with E-state index in [0.29, 0.717) is 0 Å². The Labute approximate surface area is 159 Å². The Morgan fingerprint density at radius 2 is 1.87 bits per heavy atom. The summed E-state index contributed by atoms with van der Waals surface area (Å²) < 4.78 is 0. The lowest BCUT2D eigenvalue weighted by atomic mass is 10.1. The molecule has 4 nitrogen and oxygen atoms in total. The predicted molar refractivity (Wildman–Crippen MR) is 112 cm³/mol. The molecule has 132 valence electrons. The summed E-state index contributed by atoms with van der Waals surface area (Å²) in [7, 11) is 2.09. The lowest BCUT2D eigenvalue weighted by Crippen LogP contribution is -2.40. The van der Waals surface area contributed by atoms with Crippen molar-refractivity contribution in [1.82, 2.24) is 15.5 Å². The van der Waals surface area contributed by atoms with Crippen molar-refractivity contribution < 1.29 is 0 Å². The van der Waals surface area contributed by atoms with Crippen molar-refractivity contribution in [2.45, 2.75) is 46.7 Å². The van der Waals surface area contributed by atoms with Crippen LogP contribution in [0.4, 0.5) is 0 Å². The van der Waals surface area contributed by atoms with Gasteiger partial charge in [-0.25, -0.2) is 0 Å². The predicted octanol–water partition coefficient (Wildman–Crippen LogP) is 3.40. The first-order valence-corrected chi connectivity index (χ1v) is 8.12. The van der Waals surface area contributed by atoms with Gasteiger partial charge in [-0.1, -0.05) is 24.3 Å². The molecule has 0 aliphatic heterocycles. The molecule has 1 aromatic rings. The summed E-state index contributed by atoms with van der Waals surface area (Å²) in [6, 6.07) is 8.50. The average molecular weight is 432 g/mol. The molecule has 0 saturated carbocycles. The third kappa shape index (κ3) is 9.15. The van der Waals surface area contributed by atoms with Gasteiger partial charge in [0.15, 0.2) is 5.96 Å². The standard InChI is InChI=1S/C18H32N4.HI/c1-7-19-17(20-12-13-21-18(3,4)5)22(6)14-16-11-9-8-10-15(16)2;/h8-11,21H,7,12-14H2,1-6H3,(H,19,20);1H. The van der Waals surface area contributed by atoms with E-state index in [-0.39, 0.29) is 29.5 Å². The van der Waals surface area contributed by atoms with Crippen molar-refractivity contribution >= 4 is 29.9 Å². The Bertz CT molecular complexity index is 480. The normalized spacial score (nSPS) is 11.8. The van der Waals surface area contributed by atoms with Crippen LogP contribution in [-0.4, -0.2) is 43.1 Å². The molecule has 0 saturated heterocycles. The van der Waals surface area contributed by atoms with Gasteiger partial charge in [0.05, 0.1) is 6.54 Å². The molecule has 5 heteroatoms. The van der Waals surface area contributed by atoms with Crippen molar-refractivity contribution in [2.75, 3.05) is 26.7 Å². The van der Waals surface area contributed by atoms with E-state index in [1.807, 2.05) is 0 Å². The van der Waals surface area contributed by atoms with Crippen LogP contribution in [0.5, 0.6) is 0 Å². The third-order valence-corrected chi connectivity index (χ3v) is 3.39. The number of nitrogens with one attached hydrogen (secondary N) is 2. The minimum absolute atomic E-state index is 0. The van der Waals surface area contributed by atoms with E-state index in [2.05, 4.69) is 81.5 Å². The highest BCUT2D eigenvalue weighted by Crippen LogP contribution is 2.09. The quantitative estimate of drug-likeness (QED) is 0.313. The molecule has 23 heavy (non-hydrogen) atoms. The Morgan fingerprint density at radius 3 is 2.43 bits per heavy atom. The molecule has 0 aromatic heterocycles. The second kappa shape index (κ2) is 10.9. The van der Waals surface area contributed by atoms with Crippen LogP contribution in [0.25, 0.3) is 0 Å². The largest absolute Gasteiger partial charge is 0.357 e. The zero-order chi connectivity index (χ0) is 16.6. The lowest BCUT2D eigenvalue weighted by molar-refractivity contribution is 0.430. The highest BCUT2D eigenvalue weighted by Gasteiger charge is 2.09. The molecule has 0 radical (unpaired) electrons. The van der Waals surface area contributed by atoms with Gasteiger partial charge in [-0.3, -0.25) is 4.99 Å². The Balaban J connectivity index is 0.00000484. The number of guanidine groups is 1. The Morgan fingerprint density at radius 1 is 1.22 bits per heavy atom. The first kappa shape index (κ1) is 22.2. The molecule has 1 rings (SSSR count). The number of aryl methyl sites for hydroxylation is 1. The van der Waals surface area contributed by atoms with Gasteiger partial charge in [0.25, 0.3) is 0 Å². The highest BCUT2D eigenvalue weighted by atomic mass is 127. The van der Waals surface area contributed by atoms with Crippen LogP contribution in [0.1, 0.15) is 38.8 Å². The number of nitrogens with zero attached hydrogens (tertiary/aromatic N) is 2. The molecule has 0 spiro atoms. The van der Waals surface area contributed by atoms with E-state index in [1.54, 1.807) is 0 Å². The summed E-state index contributed by atoms with van der Waals surface area (Å²) in [6.45, 7) is 14.2. The third-order valence-electron chi connectivity index (χ3n) is 3.39. The van der Waals surface area contributed by atoms with Crippen LogP contribution >= 0.6 is 24.0 Å². The monoisotopic (exact) mass is 432 g/mol. The smallest absolute Gasteiger partial charge is 0.194 e. The summed E-state index contributed by atoms with van der Waals surface area (Å²) in [5.74, 6) is 0.960. The fourth-order valence-corrected chi connectivity index (χ4v) is 2.18. The van der Waals surface area contributed by atoms with Crippen molar-refractivity contribution in [3.05, 3.63) is 35.4 Å². The minimum Gasteiger partial charge on any atom is -0.357 e. The number of benzene rings is 1. The molecule has 0 aliphatic carbocycles. The first-order valence-electron chi connectivity index (χ1n) is 8.12. The van der Waals surface area contributed by atoms with Crippen molar-refractivity contribution in [1.29, 1.82) is 0 Å². The van der Waals surface area contributed by atoms with Crippen LogP contribution < -0.4 is 10.6 Å². The fraction of sp³-hybridized carbons (Fsp3) is 0.611. The topological polar surface area (TPSA) is 39.7 Å². The molecule has 0 atom stereocenters. The molecule has 0 amide bonds. The zero-order valence-electron chi connectivity index (χ0n) is 15.4. The highest BCUT2D eigenvalue weighted by molar-refractivity contribution is 14.0. The van der Waals surface area contributed by atoms with Crippen LogP contribution in [-0.2, 0) is 6.54 Å². The van der Waals surface area contributed by atoms with Crippen LogP contribution in [0.15, 0.2) is 29.3 Å². The SMILES string of the molecule is CCNC(=NCCNC(C)(C)C)N(C)Cc1ccccc1C.I. The number of rotatable bonds is 6. The van der Waals surface area contributed by atoms with Crippen molar-refractivity contribution in [2.24, 2.45) is 4.99 Å². The molecule has 2 N–H and O–H groups in total. The summed E-state index contributed by atoms with van der Waals surface area (Å²) in [4.78, 5) is 6.89. The number of hydrogen-bond donors (Lipinski definition) is 2. The zero-order valence-corrected chi connectivity index (χ0v) is 17.8. The summed E-state index contributed by atoms with van der Waals surface area (Å²) in [5.41, 5.74) is 2.80. The number of halogens is 1. The molecule has 0 aliphatic rings. The van der Waals surface area contributed by atoms with Gasteiger partial charge in [0.2, 0.25) is 0 Å². The molecule has 0 heterocycles. The Kier molecular flexibility index (Phi) is 10.5. The summed E-state index contributed by atoms with van der Waals surface area (Å²) in [6.07, 6.45) is 0. The van der Waals surface area contributed by atoms with E-state index in [0.717, 1.165) is 32.1 Å². The van der Waals surface area contributed by atoms with Gasteiger partial charge in [0.1, 0.15) is 0 Å². The van der Waals surface area contributed by atoms with E-state index < -0.39 is 0 Å². The first-order chi connectivity index (χ1) is 10.3. The van der Waals surface area contributed by atoms with Gasteiger partial charge in [-0.05, 0) is 45.7 Å². The maximum absolute atomic E-state index is 4.71. The second-order valence-electron chi connectivity index (χ2n) is 6.69. The van der Waals surface area contributed by atoms with Crippen LogP contribution in [0, 0.1) is 6.92 Å². The summed E-state index contributed by atoms with van der Waals surface area (Å²) >= 11 is 0. The molecular formula is C18H33IN4. The maximum Gasteiger partial charge on any atom is 0.194 e. The fourth-order valence-electron chi connectivity index (χ4n) is 2.18. The van der Waals surface area contributed by atoms with Gasteiger partial charge < -0.3 is 15.5 Å². The Hall–Kier alpha value is -0.820. The minimum atomic E-state index is 0. The van der Waals surface area contributed by atoms with Gasteiger partial charge in [-0.15, -0.1) is 24.0 Å². The number of hydrogen-bond acceptors (Lipinski definition) is 2. The van der Waals surface area contributed by atoms with Crippen molar-refractivity contribution in [3.8, 4) is 0 Å². The van der Waals surface area contributed by atoms with E-state index in [1.165, 1.54) is 11.1 Å². The van der Waals surface area contributed by atoms with Gasteiger partial charge in [0, 0.05) is 32.2 Å². The molecule has 0 bridgehead atoms. The molecule has 0 unspecified atom stereocenters. The number of aliphatic imine (C=N–C) groups is 1. The van der Waals surface area contributed by atoms with Gasteiger partial charge in [-0.2, -0.15) is 0 Å². The molecular weight excluding hydrogens is 399 g/mol. The van der Waals surface area contributed by atoms with Gasteiger partial charge >= 0.3 is 0 Å². The maximum atomic E-state index is 4.71. The average Bonchev–Trinajstić information content (AvgIpc) is 2.43.